The first-order valence-electron chi connectivity index (χ1n) is 21.3. The van der Waals surface area contributed by atoms with Crippen molar-refractivity contribution >= 4 is 65.4 Å². The van der Waals surface area contributed by atoms with Crippen LogP contribution in [0.3, 0.4) is 0 Å². The van der Waals surface area contributed by atoms with Gasteiger partial charge in [-0.2, -0.15) is 9.97 Å². The summed E-state index contributed by atoms with van der Waals surface area (Å²) in [6.45, 7) is 0. The molecule has 0 aliphatic carbocycles. The lowest BCUT2D eigenvalue weighted by atomic mass is 10.0. The van der Waals surface area contributed by atoms with Gasteiger partial charge in [0.25, 0.3) is 0 Å². The van der Waals surface area contributed by atoms with Crippen molar-refractivity contribution in [1.82, 2.24) is 28.7 Å². The number of nitrogens with zero attached hydrogens (tertiary/aromatic N) is 6. The molecule has 0 aliphatic heterocycles. The lowest BCUT2D eigenvalue weighted by Crippen LogP contribution is -2.08. The van der Waals surface area contributed by atoms with Crippen molar-refractivity contribution in [3.05, 3.63) is 218 Å². The van der Waals surface area contributed by atoms with Gasteiger partial charge >= 0.3 is 0 Å². The first-order chi connectivity index (χ1) is 31.3. The molecule has 13 rings (SSSR count). The molecule has 63 heavy (non-hydrogen) atoms. The van der Waals surface area contributed by atoms with Crippen molar-refractivity contribution in [2.75, 3.05) is 0 Å². The van der Waals surface area contributed by atoms with E-state index in [0.29, 0.717) is 17.6 Å². The predicted octanol–water partition coefficient (Wildman–Crippen LogP) is 14.2. The van der Waals surface area contributed by atoms with Gasteiger partial charge in [0.15, 0.2) is 11.6 Å². The Balaban J connectivity index is 1.21. The molecule has 4 heterocycles. The Morgan fingerprint density at radius 1 is 0.286 bits per heavy atom. The van der Waals surface area contributed by atoms with Gasteiger partial charge in [0, 0.05) is 49.1 Å². The predicted molar refractivity (Wildman–Crippen MR) is 259 cm³/mol. The van der Waals surface area contributed by atoms with Crippen molar-refractivity contribution in [1.29, 1.82) is 0 Å². The lowest BCUT2D eigenvalue weighted by molar-refractivity contribution is 0.950. The molecule has 294 valence electrons. The summed E-state index contributed by atoms with van der Waals surface area (Å²) in [5.41, 5.74) is 12.8. The molecule has 6 nitrogen and oxygen atoms in total. The SMILES string of the molecule is c1ccc(-c2ccc(-c3nc(-c4ccccc4)nc(-n4c5ccccc5c5cc6c(c(-n7c8ccccc8c8ccccc87)c54)c4ccccc4n6-c4ccccc4)n3)cc2)cc1. The molecule has 0 atom stereocenters. The van der Waals surface area contributed by atoms with Crippen molar-refractivity contribution in [3.63, 3.8) is 0 Å². The molecule has 0 saturated heterocycles. The Morgan fingerprint density at radius 3 is 1.29 bits per heavy atom. The van der Waals surface area contributed by atoms with Gasteiger partial charge in [0.2, 0.25) is 5.95 Å². The standard InChI is InChI=1S/C57H36N6/c1-4-18-37(19-5-1)38-32-34-40(35-33-38)56-58-55(39-20-6-2-7-21-39)59-57(60-56)63-49-30-16-12-26-44(49)46-36-51-52(45-27-13-17-31-50(45)61(51)41-22-8-3-9-23-41)54(53(46)63)62-47-28-14-10-24-42(47)43-25-11-15-29-48(43)62/h1-36H. The zero-order valence-electron chi connectivity index (χ0n) is 34.0. The second-order valence-electron chi connectivity index (χ2n) is 16.0. The largest absolute Gasteiger partial charge is 0.309 e. The molecular weight excluding hydrogens is 769 g/mol. The Kier molecular flexibility index (Phi) is 7.80. The summed E-state index contributed by atoms with van der Waals surface area (Å²) < 4.78 is 7.18. The minimum Gasteiger partial charge on any atom is -0.309 e. The Hall–Kier alpha value is -8.61. The summed E-state index contributed by atoms with van der Waals surface area (Å²) in [7, 11) is 0. The molecule has 9 aromatic carbocycles. The minimum absolute atomic E-state index is 0.547. The van der Waals surface area contributed by atoms with Gasteiger partial charge < -0.3 is 9.13 Å². The molecule has 6 heteroatoms. The van der Waals surface area contributed by atoms with E-state index in [1.165, 1.54) is 10.8 Å². The van der Waals surface area contributed by atoms with E-state index in [1.54, 1.807) is 0 Å². The van der Waals surface area contributed by atoms with Crippen LogP contribution in [0.4, 0.5) is 0 Å². The third kappa shape index (κ3) is 5.41. The molecule has 0 bridgehead atoms. The number of para-hydroxylation sites is 5. The molecule has 0 aliphatic rings. The zero-order chi connectivity index (χ0) is 41.4. The molecule has 0 amide bonds. The molecule has 0 N–H and O–H groups in total. The molecular formula is C57H36N6. The second-order valence-corrected chi connectivity index (χ2v) is 16.0. The van der Waals surface area contributed by atoms with Crippen LogP contribution in [0.5, 0.6) is 0 Å². The highest BCUT2D eigenvalue weighted by atomic mass is 15.2. The number of hydrogen-bond acceptors (Lipinski definition) is 3. The maximum absolute atomic E-state index is 5.44. The van der Waals surface area contributed by atoms with Crippen LogP contribution < -0.4 is 0 Å². The minimum atomic E-state index is 0.547. The van der Waals surface area contributed by atoms with Crippen molar-refractivity contribution < 1.29 is 0 Å². The fourth-order valence-electron chi connectivity index (χ4n) is 9.74. The number of hydrogen-bond donors (Lipinski definition) is 0. The normalized spacial score (nSPS) is 11.8. The van der Waals surface area contributed by atoms with Crippen molar-refractivity contribution in [3.8, 4) is 51.2 Å². The van der Waals surface area contributed by atoms with E-state index < -0.39 is 0 Å². The van der Waals surface area contributed by atoms with Crippen LogP contribution in [0.25, 0.3) is 117 Å². The molecule has 13 aromatic rings. The van der Waals surface area contributed by atoms with E-state index in [4.69, 9.17) is 15.0 Å². The van der Waals surface area contributed by atoms with Gasteiger partial charge in [-0.3, -0.25) is 4.57 Å². The molecule has 0 radical (unpaired) electrons. The van der Waals surface area contributed by atoms with Gasteiger partial charge in [0.1, 0.15) is 0 Å². The summed E-state index contributed by atoms with van der Waals surface area (Å²) in [5.74, 6) is 1.75. The summed E-state index contributed by atoms with van der Waals surface area (Å²) in [6, 6.07) is 77.3. The summed E-state index contributed by atoms with van der Waals surface area (Å²) in [6.07, 6.45) is 0. The van der Waals surface area contributed by atoms with Crippen LogP contribution in [0.1, 0.15) is 0 Å². The highest BCUT2D eigenvalue weighted by Gasteiger charge is 2.28. The third-order valence-corrected chi connectivity index (χ3v) is 12.5. The third-order valence-electron chi connectivity index (χ3n) is 12.5. The van der Waals surface area contributed by atoms with Gasteiger partial charge in [-0.1, -0.05) is 176 Å². The van der Waals surface area contributed by atoms with Crippen LogP contribution in [-0.4, -0.2) is 28.7 Å². The quantitative estimate of drug-likeness (QED) is 0.168. The number of aromatic nitrogens is 6. The molecule has 0 saturated carbocycles. The highest BCUT2D eigenvalue weighted by Crippen LogP contribution is 2.46. The average molecular weight is 805 g/mol. The van der Waals surface area contributed by atoms with Gasteiger partial charge in [-0.15, -0.1) is 0 Å². The molecule has 0 fully saturated rings. The van der Waals surface area contributed by atoms with E-state index in [1.807, 2.05) is 24.3 Å². The van der Waals surface area contributed by atoms with Crippen LogP contribution in [-0.2, 0) is 0 Å². The van der Waals surface area contributed by atoms with E-state index in [9.17, 15) is 0 Å². The van der Waals surface area contributed by atoms with Crippen LogP contribution in [0, 0.1) is 0 Å². The van der Waals surface area contributed by atoms with Gasteiger partial charge in [-0.05, 0) is 53.6 Å². The Labute approximate surface area is 362 Å². The molecule has 0 spiro atoms. The van der Waals surface area contributed by atoms with Crippen LogP contribution in [0.2, 0.25) is 0 Å². The number of rotatable bonds is 6. The second kappa shape index (κ2) is 14.0. The summed E-state index contributed by atoms with van der Waals surface area (Å²) >= 11 is 0. The van der Waals surface area contributed by atoms with E-state index in [0.717, 1.165) is 88.3 Å². The maximum Gasteiger partial charge on any atom is 0.238 e. The first kappa shape index (κ1) is 35.2. The smallest absolute Gasteiger partial charge is 0.238 e. The van der Waals surface area contributed by atoms with Crippen molar-refractivity contribution in [2.24, 2.45) is 0 Å². The van der Waals surface area contributed by atoms with Gasteiger partial charge in [0.05, 0.1) is 38.8 Å². The monoisotopic (exact) mass is 804 g/mol. The number of benzene rings is 9. The molecule has 4 aromatic heterocycles. The average Bonchev–Trinajstić information content (AvgIpc) is 4.00. The zero-order valence-corrected chi connectivity index (χ0v) is 34.0. The lowest BCUT2D eigenvalue weighted by Gasteiger charge is -2.17. The highest BCUT2D eigenvalue weighted by molar-refractivity contribution is 6.26. The summed E-state index contributed by atoms with van der Waals surface area (Å²) in [5, 5.41) is 6.90. The van der Waals surface area contributed by atoms with E-state index in [-0.39, 0.29) is 0 Å². The summed E-state index contributed by atoms with van der Waals surface area (Å²) in [4.78, 5) is 16.0. The fraction of sp³-hybridized carbons (Fsp3) is 0. The van der Waals surface area contributed by atoms with Gasteiger partial charge in [-0.25, -0.2) is 4.98 Å². The van der Waals surface area contributed by atoms with E-state index >= 15 is 0 Å². The van der Waals surface area contributed by atoms with Crippen molar-refractivity contribution in [2.45, 2.75) is 0 Å². The first-order valence-corrected chi connectivity index (χ1v) is 21.3. The van der Waals surface area contributed by atoms with Crippen LogP contribution in [0.15, 0.2) is 218 Å². The number of fused-ring (bicyclic) bond motifs is 9. The molecule has 0 unspecified atom stereocenters. The maximum atomic E-state index is 5.44. The Bertz CT molecular complexity index is 3830. The van der Waals surface area contributed by atoms with Crippen LogP contribution >= 0.6 is 0 Å². The Morgan fingerprint density at radius 2 is 0.698 bits per heavy atom. The van der Waals surface area contributed by atoms with E-state index in [2.05, 4.69) is 208 Å². The topological polar surface area (TPSA) is 53.5 Å². The fourth-order valence-corrected chi connectivity index (χ4v) is 9.74.